The maximum absolute atomic E-state index is 15.1. The van der Waals surface area contributed by atoms with Crippen molar-refractivity contribution in [3.8, 4) is 0 Å². The minimum Gasteiger partial charge on any atom is -0.441 e. The summed E-state index contributed by atoms with van der Waals surface area (Å²) in [4.78, 5) is 19.7. The van der Waals surface area contributed by atoms with Gasteiger partial charge in [0.1, 0.15) is 11.3 Å². The Bertz CT molecular complexity index is 1670. The van der Waals surface area contributed by atoms with E-state index < -0.39 is 36.5 Å². The predicted molar refractivity (Wildman–Crippen MR) is 254 cm³/mol. The molecule has 1 heterocycles. The minimum atomic E-state index is -2.28. The number of carbonyl (C=O) groups excluding carboxylic acids is 1. The highest BCUT2D eigenvalue weighted by molar-refractivity contribution is 6.75. The Morgan fingerprint density at radius 1 is 0.845 bits per heavy atom. The topological polar surface area (TPSA) is 91.0 Å². The van der Waals surface area contributed by atoms with Gasteiger partial charge in [-0.15, -0.1) is 6.58 Å². The van der Waals surface area contributed by atoms with Crippen molar-refractivity contribution in [1.82, 2.24) is 4.98 Å². The SMILES string of the molecule is C=CC[C@@H](C(=O)C(C)(C)[C@H](CCO)O[Si](C)(C)C(C)(C)C)[C@@H](O[Si](C)(C)C(C)(C)C)[C@@H](C)CCCC(C)=CC[C@H](O[Si](C)(C)C(C)(C)C)c1ccc2oc(C)nc2c1. The predicted octanol–water partition coefficient (Wildman–Crippen LogP) is 14.3. The molecule has 0 bridgehead atoms. The third kappa shape index (κ3) is 13.7. The van der Waals surface area contributed by atoms with Crippen molar-refractivity contribution in [2.24, 2.45) is 17.3 Å². The normalized spacial score (nSPS) is 16.9. The smallest absolute Gasteiger partial charge is 0.192 e. The molecule has 1 aromatic carbocycles. The van der Waals surface area contributed by atoms with Crippen LogP contribution in [0.15, 0.2) is 46.9 Å². The lowest BCUT2D eigenvalue weighted by atomic mass is 9.71. The number of rotatable bonds is 22. The molecule has 0 unspecified atom stereocenters. The maximum Gasteiger partial charge on any atom is 0.192 e. The van der Waals surface area contributed by atoms with Crippen LogP contribution in [0.25, 0.3) is 11.1 Å². The second-order valence-corrected chi connectivity index (χ2v) is 36.7. The molecule has 7 nitrogen and oxygen atoms in total. The Morgan fingerprint density at radius 2 is 1.38 bits per heavy atom. The van der Waals surface area contributed by atoms with Gasteiger partial charge in [-0.1, -0.05) is 107 Å². The highest BCUT2D eigenvalue weighted by atomic mass is 28.4. The number of fused-ring (bicyclic) bond motifs is 1. The molecule has 0 saturated heterocycles. The first-order chi connectivity index (χ1) is 26.2. The van der Waals surface area contributed by atoms with Crippen molar-refractivity contribution < 1.29 is 27.6 Å². The van der Waals surface area contributed by atoms with Crippen molar-refractivity contribution in [3.05, 3.63) is 54.0 Å². The van der Waals surface area contributed by atoms with Gasteiger partial charge < -0.3 is 22.8 Å². The summed E-state index contributed by atoms with van der Waals surface area (Å²) in [6.45, 7) is 48.5. The molecule has 5 atom stereocenters. The summed E-state index contributed by atoms with van der Waals surface area (Å²) >= 11 is 0. The molecule has 0 amide bonds. The van der Waals surface area contributed by atoms with Crippen LogP contribution in [0.3, 0.4) is 0 Å². The summed E-state index contributed by atoms with van der Waals surface area (Å²) < 4.78 is 27.2. The van der Waals surface area contributed by atoms with Gasteiger partial charge in [-0.05, 0) is 123 Å². The summed E-state index contributed by atoms with van der Waals surface area (Å²) in [5.41, 5.74) is 3.30. The number of carbonyl (C=O) groups is 1. The number of allylic oxidation sites excluding steroid dienone is 2. The molecule has 1 N–H and O–H groups in total. The molecule has 0 spiro atoms. The first-order valence-electron chi connectivity index (χ1n) is 22.0. The van der Waals surface area contributed by atoms with Gasteiger partial charge >= 0.3 is 0 Å². The molecular weight excluding hydrogens is 771 g/mol. The molecule has 332 valence electrons. The monoisotopic (exact) mass is 858 g/mol. The number of oxazole rings is 1. The lowest BCUT2D eigenvalue weighted by Crippen LogP contribution is -2.54. The van der Waals surface area contributed by atoms with Crippen LogP contribution in [-0.2, 0) is 18.1 Å². The molecule has 1 aromatic heterocycles. The van der Waals surface area contributed by atoms with Crippen LogP contribution < -0.4 is 0 Å². The van der Waals surface area contributed by atoms with E-state index in [-0.39, 0.29) is 51.5 Å². The zero-order valence-corrected chi connectivity index (χ0v) is 43.9. The molecule has 10 heteroatoms. The fraction of sp³-hybridized carbons (Fsp3) is 0.750. The molecular formula is C48H87NO6Si3. The Balaban J connectivity index is 2.42. The first kappa shape index (κ1) is 52.5. The van der Waals surface area contributed by atoms with E-state index >= 15 is 4.79 Å². The van der Waals surface area contributed by atoms with Crippen molar-refractivity contribution in [1.29, 1.82) is 0 Å². The average Bonchev–Trinajstić information content (AvgIpc) is 3.45. The van der Waals surface area contributed by atoms with Gasteiger partial charge in [0, 0.05) is 24.9 Å². The van der Waals surface area contributed by atoms with E-state index in [9.17, 15) is 5.11 Å². The van der Waals surface area contributed by atoms with E-state index in [0.29, 0.717) is 18.7 Å². The Hall–Kier alpha value is -1.67. The summed E-state index contributed by atoms with van der Waals surface area (Å²) in [6.07, 6.45) is 8.10. The van der Waals surface area contributed by atoms with Gasteiger partial charge in [-0.2, -0.15) is 0 Å². The molecule has 0 aliphatic heterocycles. The quantitative estimate of drug-likeness (QED) is 0.0931. The van der Waals surface area contributed by atoms with Gasteiger partial charge in [0.25, 0.3) is 0 Å². The number of nitrogens with zero attached hydrogens (tertiary/aromatic N) is 1. The highest BCUT2D eigenvalue weighted by Gasteiger charge is 2.50. The van der Waals surface area contributed by atoms with Crippen molar-refractivity contribution >= 4 is 41.8 Å². The number of aliphatic hydroxyl groups is 1. The molecule has 0 aliphatic carbocycles. The molecule has 0 fully saturated rings. The summed E-state index contributed by atoms with van der Waals surface area (Å²) in [5, 5.41) is 10.3. The molecule has 0 aliphatic rings. The van der Waals surface area contributed by atoms with Gasteiger partial charge in [0.05, 0.1) is 18.3 Å². The largest absolute Gasteiger partial charge is 0.441 e. The summed E-state index contributed by atoms with van der Waals surface area (Å²) in [6, 6.07) is 6.28. The first-order valence-corrected chi connectivity index (χ1v) is 30.8. The lowest BCUT2D eigenvalue weighted by Gasteiger charge is -2.47. The van der Waals surface area contributed by atoms with Crippen LogP contribution in [0.1, 0.15) is 146 Å². The number of hydrogen-bond acceptors (Lipinski definition) is 7. The number of Topliss-reactive ketones (excluding diaryl/α,β-unsaturated/α-hetero) is 1. The van der Waals surface area contributed by atoms with E-state index in [1.54, 1.807) is 0 Å². The molecule has 0 saturated carbocycles. The van der Waals surface area contributed by atoms with Crippen LogP contribution in [0.5, 0.6) is 0 Å². The second-order valence-electron chi connectivity index (χ2n) is 22.4. The van der Waals surface area contributed by atoms with Gasteiger partial charge in [-0.3, -0.25) is 4.79 Å². The fourth-order valence-corrected chi connectivity index (χ4v) is 11.1. The number of aliphatic hydroxyl groups excluding tert-OH is 1. The molecule has 58 heavy (non-hydrogen) atoms. The fourth-order valence-electron chi connectivity index (χ4n) is 6.86. The number of hydrogen-bond donors (Lipinski definition) is 1. The molecule has 2 rings (SSSR count). The van der Waals surface area contributed by atoms with Crippen LogP contribution in [0.4, 0.5) is 0 Å². The van der Waals surface area contributed by atoms with Crippen LogP contribution in [0, 0.1) is 24.2 Å². The minimum absolute atomic E-state index is 0.0213. The van der Waals surface area contributed by atoms with E-state index in [4.69, 9.17) is 17.7 Å². The van der Waals surface area contributed by atoms with Crippen LogP contribution >= 0.6 is 0 Å². The maximum atomic E-state index is 15.1. The van der Waals surface area contributed by atoms with Gasteiger partial charge in [-0.25, -0.2) is 4.98 Å². The van der Waals surface area contributed by atoms with Crippen molar-refractivity contribution in [3.63, 3.8) is 0 Å². The third-order valence-corrected chi connectivity index (χ3v) is 27.5. The van der Waals surface area contributed by atoms with Gasteiger partial charge in [0.15, 0.2) is 36.4 Å². The van der Waals surface area contributed by atoms with Crippen molar-refractivity contribution in [2.75, 3.05) is 6.61 Å². The highest BCUT2D eigenvalue weighted by Crippen LogP contribution is 2.45. The Labute approximate surface area is 359 Å². The van der Waals surface area contributed by atoms with Crippen LogP contribution in [0.2, 0.25) is 54.4 Å². The summed E-state index contributed by atoms with van der Waals surface area (Å²) in [7, 11) is -6.61. The Kier molecular flexibility index (Phi) is 18.1. The van der Waals surface area contributed by atoms with Gasteiger partial charge in [0.2, 0.25) is 0 Å². The van der Waals surface area contributed by atoms with E-state index in [1.165, 1.54) is 5.57 Å². The summed E-state index contributed by atoms with van der Waals surface area (Å²) in [5.74, 6) is 0.567. The van der Waals surface area contributed by atoms with Crippen LogP contribution in [-0.4, -0.2) is 59.6 Å². The number of aryl methyl sites for hydroxylation is 1. The number of aromatic nitrogens is 1. The van der Waals surface area contributed by atoms with E-state index in [1.807, 2.05) is 32.9 Å². The van der Waals surface area contributed by atoms with Crippen molar-refractivity contribution in [2.45, 2.75) is 208 Å². The standard InChI is InChI=1S/C48H87NO6Si3/c1-22-24-38(44(51)48(14,15)42(31-32-50)54-57(18,19)46(8,9)10)43(55-58(20,21)47(11,12)13)35(3)26-23-25-34(2)27-29-40(53-56(16,17)45(5,6)7)37-28-30-41-39(33-37)49-36(4)52-41/h22,27-28,30,33,35,38,40,42-43,50H,1,23-26,29,31-32H2,2-21H3/t35-,38+,40-,42-,43-/m0/s1. The zero-order valence-electron chi connectivity index (χ0n) is 40.9. The Morgan fingerprint density at radius 3 is 1.90 bits per heavy atom. The van der Waals surface area contributed by atoms with E-state index in [2.05, 4.69) is 145 Å². The number of benzene rings is 1. The molecule has 0 radical (unpaired) electrons. The second kappa shape index (κ2) is 20.0. The average molecular weight is 858 g/mol. The molecule has 2 aromatic rings. The number of ketones is 1. The van der Waals surface area contributed by atoms with E-state index in [0.717, 1.165) is 42.3 Å². The zero-order chi connectivity index (χ0) is 44.9. The third-order valence-electron chi connectivity index (χ3n) is 14.1. The lowest BCUT2D eigenvalue weighted by molar-refractivity contribution is -0.141.